The molecule has 1 aromatic heterocycles. The first-order valence-electron chi connectivity index (χ1n) is 6.31. The largest absolute Gasteiger partial charge is 0.337 e. The zero-order valence-corrected chi connectivity index (χ0v) is 13.1. The van der Waals surface area contributed by atoms with Gasteiger partial charge in [0.1, 0.15) is 0 Å². The van der Waals surface area contributed by atoms with E-state index in [0.29, 0.717) is 12.0 Å². The summed E-state index contributed by atoms with van der Waals surface area (Å²) in [5.74, 6) is -0.0701. The summed E-state index contributed by atoms with van der Waals surface area (Å²) in [6, 6.07) is -0.193. The monoisotopic (exact) mass is 301 g/mol. The molecular weight excluding hydrogens is 282 g/mol. The van der Waals surface area contributed by atoms with Gasteiger partial charge < -0.3 is 4.90 Å². The predicted octanol–water partition coefficient (Wildman–Crippen LogP) is 2.09. The van der Waals surface area contributed by atoms with Crippen LogP contribution in [0.25, 0.3) is 0 Å². The fourth-order valence-electron chi connectivity index (χ4n) is 2.77. The molecule has 1 saturated carbocycles. The Bertz CT molecular complexity index is 576. The molecule has 0 aliphatic heterocycles. The Morgan fingerprint density at radius 1 is 1.37 bits per heavy atom. The van der Waals surface area contributed by atoms with E-state index >= 15 is 0 Å². The van der Waals surface area contributed by atoms with Gasteiger partial charge in [-0.1, -0.05) is 0 Å². The summed E-state index contributed by atoms with van der Waals surface area (Å²) >= 11 is 1.50. The van der Waals surface area contributed by atoms with Crippen LogP contribution in [0.2, 0.25) is 0 Å². The average molecular weight is 301 g/mol. The number of thiophene rings is 1. The van der Waals surface area contributed by atoms with E-state index < -0.39 is 15.1 Å². The second-order valence-electron chi connectivity index (χ2n) is 5.25. The van der Waals surface area contributed by atoms with Crippen LogP contribution in [-0.4, -0.2) is 43.8 Å². The first kappa shape index (κ1) is 14.5. The van der Waals surface area contributed by atoms with Gasteiger partial charge in [-0.2, -0.15) is 11.3 Å². The minimum Gasteiger partial charge on any atom is -0.337 e. The number of hydrogen-bond donors (Lipinski definition) is 0. The lowest BCUT2D eigenvalue weighted by Gasteiger charge is -2.28. The van der Waals surface area contributed by atoms with Gasteiger partial charge in [0.25, 0.3) is 5.91 Å². The van der Waals surface area contributed by atoms with Gasteiger partial charge in [-0.25, -0.2) is 8.42 Å². The third kappa shape index (κ3) is 2.84. The van der Waals surface area contributed by atoms with Gasteiger partial charge in [0.15, 0.2) is 9.84 Å². The highest BCUT2D eigenvalue weighted by molar-refractivity contribution is 7.91. The van der Waals surface area contributed by atoms with Gasteiger partial charge >= 0.3 is 0 Å². The normalized spacial score (nSPS) is 23.5. The van der Waals surface area contributed by atoms with Crippen molar-refractivity contribution in [2.75, 3.05) is 13.3 Å². The molecule has 2 atom stereocenters. The quantitative estimate of drug-likeness (QED) is 0.859. The van der Waals surface area contributed by atoms with Crippen LogP contribution in [0.5, 0.6) is 0 Å². The fourth-order valence-corrected chi connectivity index (χ4v) is 5.08. The topological polar surface area (TPSA) is 54.5 Å². The summed E-state index contributed by atoms with van der Waals surface area (Å²) in [5.41, 5.74) is 1.64. The molecule has 1 fully saturated rings. The predicted molar refractivity (Wildman–Crippen MR) is 77.4 cm³/mol. The molecule has 2 rings (SSSR count). The Kier molecular flexibility index (Phi) is 4.01. The summed E-state index contributed by atoms with van der Waals surface area (Å²) in [7, 11) is -1.38. The number of sulfone groups is 1. The second kappa shape index (κ2) is 5.25. The van der Waals surface area contributed by atoms with Crippen LogP contribution in [0.4, 0.5) is 0 Å². The number of rotatable bonds is 3. The molecule has 0 saturated heterocycles. The molecule has 0 bridgehead atoms. The van der Waals surface area contributed by atoms with Gasteiger partial charge in [-0.15, -0.1) is 0 Å². The minimum absolute atomic E-state index is 0.0701. The van der Waals surface area contributed by atoms with E-state index in [0.717, 1.165) is 18.4 Å². The highest BCUT2D eigenvalue weighted by Gasteiger charge is 2.39. The molecule has 1 aliphatic rings. The maximum absolute atomic E-state index is 12.4. The number of aryl methyl sites for hydroxylation is 1. The summed E-state index contributed by atoms with van der Waals surface area (Å²) in [4.78, 5) is 14.0. The van der Waals surface area contributed by atoms with Crippen LogP contribution in [0.15, 0.2) is 10.8 Å². The van der Waals surface area contributed by atoms with E-state index in [-0.39, 0.29) is 11.9 Å². The van der Waals surface area contributed by atoms with Crippen LogP contribution in [0.3, 0.4) is 0 Å². The van der Waals surface area contributed by atoms with Crippen molar-refractivity contribution in [1.82, 2.24) is 4.90 Å². The maximum Gasteiger partial charge on any atom is 0.254 e. The highest BCUT2D eigenvalue weighted by Crippen LogP contribution is 2.30. The Morgan fingerprint density at radius 2 is 2.05 bits per heavy atom. The molecule has 0 N–H and O–H groups in total. The zero-order valence-electron chi connectivity index (χ0n) is 11.4. The number of nitrogens with zero attached hydrogens (tertiary/aromatic N) is 1. The summed E-state index contributed by atoms with van der Waals surface area (Å²) in [6.45, 7) is 1.90. The third-order valence-electron chi connectivity index (χ3n) is 3.87. The maximum atomic E-state index is 12.4. The Hall–Kier alpha value is -0.880. The van der Waals surface area contributed by atoms with Gasteiger partial charge in [0.2, 0.25) is 0 Å². The van der Waals surface area contributed by atoms with Crippen LogP contribution in [0.1, 0.15) is 35.2 Å². The number of hydrogen-bond acceptors (Lipinski definition) is 4. The van der Waals surface area contributed by atoms with E-state index in [1.807, 2.05) is 17.7 Å². The molecule has 4 nitrogen and oxygen atoms in total. The first-order chi connectivity index (χ1) is 8.82. The lowest BCUT2D eigenvalue weighted by Crippen LogP contribution is -2.44. The Labute approximate surface area is 118 Å². The summed E-state index contributed by atoms with van der Waals surface area (Å²) in [5, 5.41) is 3.35. The second-order valence-corrected chi connectivity index (χ2v) is 8.26. The Balaban J connectivity index is 2.22. The van der Waals surface area contributed by atoms with Gasteiger partial charge in [-0.05, 0) is 37.1 Å². The van der Waals surface area contributed by atoms with Crippen molar-refractivity contribution < 1.29 is 13.2 Å². The van der Waals surface area contributed by atoms with Gasteiger partial charge in [0, 0.05) is 24.7 Å². The van der Waals surface area contributed by atoms with Crippen LogP contribution >= 0.6 is 11.3 Å². The van der Waals surface area contributed by atoms with Crippen LogP contribution in [0, 0.1) is 6.92 Å². The fraction of sp³-hybridized carbons (Fsp3) is 0.615. The lowest BCUT2D eigenvalue weighted by atomic mass is 10.1. The molecule has 1 aromatic rings. The smallest absolute Gasteiger partial charge is 0.254 e. The van der Waals surface area contributed by atoms with E-state index in [4.69, 9.17) is 0 Å². The number of amides is 1. The van der Waals surface area contributed by atoms with E-state index in [9.17, 15) is 13.2 Å². The molecule has 1 heterocycles. The molecule has 0 radical (unpaired) electrons. The Morgan fingerprint density at radius 3 is 2.58 bits per heavy atom. The summed E-state index contributed by atoms with van der Waals surface area (Å²) < 4.78 is 23.6. The first-order valence-corrected chi connectivity index (χ1v) is 9.21. The van der Waals surface area contributed by atoms with E-state index in [1.54, 1.807) is 11.9 Å². The highest BCUT2D eigenvalue weighted by atomic mass is 32.2. The van der Waals surface area contributed by atoms with Crippen molar-refractivity contribution in [2.24, 2.45) is 0 Å². The average Bonchev–Trinajstić information content (AvgIpc) is 2.94. The molecule has 106 valence electrons. The van der Waals surface area contributed by atoms with E-state index in [2.05, 4.69) is 0 Å². The number of carbonyl (C=O) groups is 1. The molecular formula is C13H19NO3S2. The molecule has 1 aliphatic carbocycles. The SMILES string of the molecule is Cc1cscc1C(=O)N(C)[C@@H]1CCC[C@H]1S(C)(=O)=O. The number of carbonyl (C=O) groups excluding carboxylic acids is 1. The van der Waals surface area contributed by atoms with Gasteiger partial charge in [0.05, 0.1) is 10.8 Å². The van der Waals surface area contributed by atoms with Crippen molar-refractivity contribution in [1.29, 1.82) is 0 Å². The van der Waals surface area contributed by atoms with Crippen molar-refractivity contribution in [3.05, 3.63) is 21.9 Å². The van der Waals surface area contributed by atoms with Crippen molar-refractivity contribution in [3.63, 3.8) is 0 Å². The minimum atomic E-state index is -3.10. The zero-order chi connectivity index (χ0) is 14.2. The standard InChI is InChI=1S/C13H19NO3S2/c1-9-7-18-8-10(9)13(15)14(2)11-5-4-6-12(11)19(3,16)17/h7-8,11-12H,4-6H2,1-3H3/t11-,12-/m1/s1. The third-order valence-corrected chi connectivity index (χ3v) is 6.38. The molecule has 0 unspecified atom stereocenters. The van der Waals surface area contributed by atoms with Crippen LogP contribution in [-0.2, 0) is 9.84 Å². The van der Waals surface area contributed by atoms with Crippen LogP contribution < -0.4 is 0 Å². The molecule has 6 heteroatoms. The molecule has 0 aromatic carbocycles. The molecule has 19 heavy (non-hydrogen) atoms. The summed E-state index contributed by atoms with van der Waals surface area (Å²) in [6.07, 6.45) is 3.56. The molecule has 1 amide bonds. The van der Waals surface area contributed by atoms with E-state index in [1.165, 1.54) is 17.6 Å². The van der Waals surface area contributed by atoms with Crippen molar-refractivity contribution >= 4 is 27.1 Å². The van der Waals surface area contributed by atoms with Crippen molar-refractivity contribution in [3.8, 4) is 0 Å². The molecule has 0 spiro atoms. The lowest BCUT2D eigenvalue weighted by molar-refractivity contribution is 0.0737. The van der Waals surface area contributed by atoms with Crippen molar-refractivity contribution in [2.45, 2.75) is 37.5 Å². The van der Waals surface area contributed by atoms with Gasteiger partial charge in [-0.3, -0.25) is 4.79 Å².